The summed E-state index contributed by atoms with van der Waals surface area (Å²) in [5.74, 6) is 0.593. The Morgan fingerprint density at radius 2 is 1.79 bits per heavy atom. The fourth-order valence-electron chi connectivity index (χ4n) is 3.89. The topological polar surface area (TPSA) is 60.9 Å². The molecule has 0 aromatic rings. The first-order valence-corrected chi connectivity index (χ1v) is 7.27. The molecule has 0 aromatic heterocycles. The van der Waals surface area contributed by atoms with E-state index in [0.29, 0.717) is 31.3 Å². The number of likely N-dealkylation sites (tertiary alicyclic amines) is 2. The summed E-state index contributed by atoms with van der Waals surface area (Å²) in [6.07, 6.45) is 4.37. The molecule has 19 heavy (non-hydrogen) atoms. The summed E-state index contributed by atoms with van der Waals surface area (Å²) in [4.78, 5) is 27.3. The van der Waals surface area contributed by atoms with Crippen LogP contribution in [-0.4, -0.2) is 53.1 Å². The molecule has 3 rings (SSSR count). The van der Waals surface area contributed by atoms with Crippen molar-refractivity contribution in [1.29, 1.82) is 0 Å². The zero-order valence-corrected chi connectivity index (χ0v) is 11.5. The van der Waals surface area contributed by atoms with Gasteiger partial charge < -0.3 is 14.9 Å². The molecule has 2 aliphatic heterocycles. The van der Waals surface area contributed by atoms with Crippen molar-refractivity contribution in [1.82, 2.24) is 9.80 Å². The predicted molar refractivity (Wildman–Crippen MR) is 69.7 cm³/mol. The van der Waals surface area contributed by atoms with E-state index >= 15 is 0 Å². The number of amides is 2. The summed E-state index contributed by atoms with van der Waals surface area (Å²) in [6.45, 7) is 4.43. The molecule has 0 bridgehead atoms. The van der Waals surface area contributed by atoms with Gasteiger partial charge in [-0.25, -0.2) is 4.79 Å². The lowest BCUT2D eigenvalue weighted by Crippen LogP contribution is -2.43. The monoisotopic (exact) mass is 266 g/mol. The highest BCUT2D eigenvalue weighted by Gasteiger charge is 2.45. The molecule has 3 fully saturated rings. The van der Waals surface area contributed by atoms with E-state index < -0.39 is 11.4 Å². The van der Waals surface area contributed by atoms with E-state index in [1.165, 1.54) is 19.3 Å². The van der Waals surface area contributed by atoms with Gasteiger partial charge in [-0.1, -0.05) is 6.42 Å². The van der Waals surface area contributed by atoms with Gasteiger partial charge in [-0.3, -0.25) is 4.79 Å². The Bertz CT molecular complexity index is 399. The first-order chi connectivity index (χ1) is 8.99. The minimum atomic E-state index is -0.791. The summed E-state index contributed by atoms with van der Waals surface area (Å²) in [5, 5.41) is 9.22. The summed E-state index contributed by atoms with van der Waals surface area (Å²) < 4.78 is 0. The Morgan fingerprint density at radius 1 is 1.16 bits per heavy atom. The van der Waals surface area contributed by atoms with Gasteiger partial charge in [0.1, 0.15) is 0 Å². The Labute approximate surface area is 113 Å². The van der Waals surface area contributed by atoms with E-state index in [4.69, 9.17) is 0 Å². The molecular formula is C14H22N2O3. The average molecular weight is 266 g/mol. The number of fused-ring (bicyclic) bond motifs is 1. The van der Waals surface area contributed by atoms with Crippen LogP contribution in [0, 0.1) is 17.3 Å². The fourth-order valence-corrected chi connectivity index (χ4v) is 3.89. The second-order valence-corrected chi connectivity index (χ2v) is 6.68. The van der Waals surface area contributed by atoms with Crippen LogP contribution in [0.25, 0.3) is 0 Å². The highest BCUT2D eigenvalue weighted by molar-refractivity contribution is 5.79. The molecule has 106 valence electrons. The lowest BCUT2D eigenvalue weighted by Gasteiger charge is -2.26. The molecule has 1 N–H and O–H groups in total. The van der Waals surface area contributed by atoms with Crippen molar-refractivity contribution < 1.29 is 14.7 Å². The molecule has 3 atom stereocenters. The second-order valence-electron chi connectivity index (χ2n) is 6.68. The van der Waals surface area contributed by atoms with Crippen molar-refractivity contribution in [2.45, 2.75) is 32.6 Å². The summed E-state index contributed by atoms with van der Waals surface area (Å²) in [5.41, 5.74) is -0.759. The fraction of sp³-hybridized carbons (Fsp3) is 0.857. The molecule has 3 aliphatic rings. The van der Waals surface area contributed by atoms with Crippen molar-refractivity contribution in [2.24, 2.45) is 17.3 Å². The van der Waals surface area contributed by atoms with Crippen LogP contribution in [-0.2, 0) is 4.79 Å². The largest absolute Gasteiger partial charge is 0.481 e. The summed E-state index contributed by atoms with van der Waals surface area (Å²) in [7, 11) is 0. The standard InChI is InChI=1S/C14H22N2O3/c1-14(12(17)18)5-6-15(9-14)13(19)16-7-10-3-2-4-11(10)8-16/h10-11H,2-9H2,1H3,(H,17,18). The maximum absolute atomic E-state index is 12.4. The number of carboxylic acid groups (broad SMARTS) is 1. The number of urea groups is 1. The molecule has 0 aromatic carbocycles. The number of rotatable bonds is 1. The number of carbonyl (C=O) groups is 2. The van der Waals surface area contributed by atoms with Crippen LogP contribution in [0.5, 0.6) is 0 Å². The van der Waals surface area contributed by atoms with Crippen molar-refractivity contribution in [3.8, 4) is 0 Å². The van der Waals surface area contributed by atoms with Crippen molar-refractivity contribution in [3.05, 3.63) is 0 Å². The average Bonchev–Trinajstić information content (AvgIpc) is 3.01. The lowest BCUT2D eigenvalue weighted by atomic mass is 9.90. The van der Waals surface area contributed by atoms with E-state index in [1.807, 2.05) is 4.90 Å². The lowest BCUT2D eigenvalue weighted by molar-refractivity contribution is -0.147. The molecule has 0 spiro atoms. The van der Waals surface area contributed by atoms with Crippen molar-refractivity contribution in [2.75, 3.05) is 26.2 Å². The van der Waals surface area contributed by atoms with Crippen LogP contribution >= 0.6 is 0 Å². The molecule has 5 nitrogen and oxygen atoms in total. The molecular weight excluding hydrogens is 244 g/mol. The van der Waals surface area contributed by atoms with Crippen molar-refractivity contribution in [3.63, 3.8) is 0 Å². The smallest absolute Gasteiger partial charge is 0.320 e. The van der Waals surface area contributed by atoms with Gasteiger partial charge in [0, 0.05) is 26.2 Å². The molecule has 0 radical (unpaired) electrons. The van der Waals surface area contributed by atoms with E-state index in [2.05, 4.69) is 0 Å². The Morgan fingerprint density at radius 3 is 2.32 bits per heavy atom. The van der Waals surface area contributed by atoms with Crippen molar-refractivity contribution >= 4 is 12.0 Å². The van der Waals surface area contributed by atoms with Crippen LogP contribution in [0.3, 0.4) is 0 Å². The number of nitrogens with zero attached hydrogens (tertiary/aromatic N) is 2. The number of aliphatic carboxylic acids is 1. The van der Waals surface area contributed by atoms with Crippen LogP contribution in [0.2, 0.25) is 0 Å². The third kappa shape index (κ3) is 2.09. The number of hydrogen-bond donors (Lipinski definition) is 1. The van der Waals surface area contributed by atoms with Gasteiger partial charge in [0.05, 0.1) is 5.41 Å². The molecule has 2 saturated heterocycles. The quantitative estimate of drug-likeness (QED) is 0.784. The van der Waals surface area contributed by atoms with Gasteiger partial charge in [-0.15, -0.1) is 0 Å². The minimum absolute atomic E-state index is 0.0550. The molecule has 3 unspecified atom stereocenters. The Balaban J connectivity index is 1.62. The maximum Gasteiger partial charge on any atom is 0.320 e. The SMILES string of the molecule is CC1(C(=O)O)CCN(C(=O)N2CC3CCCC3C2)C1. The highest BCUT2D eigenvalue weighted by Crippen LogP contribution is 2.39. The van der Waals surface area contributed by atoms with Gasteiger partial charge in [0.15, 0.2) is 0 Å². The highest BCUT2D eigenvalue weighted by atomic mass is 16.4. The van der Waals surface area contributed by atoms with Crippen LogP contribution < -0.4 is 0 Å². The third-order valence-electron chi connectivity index (χ3n) is 5.26. The molecule has 2 amide bonds. The number of hydrogen-bond acceptors (Lipinski definition) is 2. The number of carbonyl (C=O) groups excluding carboxylic acids is 1. The van der Waals surface area contributed by atoms with E-state index in [-0.39, 0.29) is 6.03 Å². The van der Waals surface area contributed by atoms with Gasteiger partial charge in [-0.2, -0.15) is 0 Å². The first-order valence-electron chi connectivity index (χ1n) is 7.27. The van der Waals surface area contributed by atoms with Crippen LogP contribution in [0.4, 0.5) is 4.79 Å². The third-order valence-corrected chi connectivity index (χ3v) is 5.26. The van der Waals surface area contributed by atoms with Gasteiger partial charge in [-0.05, 0) is 38.0 Å². The zero-order valence-electron chi connectivity index (χ0n) is 11.5. The van der Waals surface area contributed by atoms with E-state index in [1.54, 1.807) is 11.8 Å². The number of carboxylic acids is 1. The molecule has 5 heteroatoms. The predicted octanol–water partition coefficient (Wildman–Crippen LogP) is 1.63. The van der Waals surface area contributed by atoms with Crippen LogP contribution in [0.15, 0.2) is 0 Å². The maximum atomic E-state index is 12.4. The Kier molecular flexibility index (Phi) is 2.95. The molecule has 1 aliphatic carbocycles. The van der Waals surface area contributed by atoms with Gasteiger partial charge in [0.25, 0.3) is 0 Å². The van der Waals surface area contributed by atoms with E-state index in [9.17, 15) is 14.7 Å². The molecule has 2 heterocycles. The van der Waals surface area contributed by atoms with Gasteiger partial charge in [0.2, 0.25) is 0 Å². The second kappa shape index (κ2) is 4.39. The normalized spacial score (nSPS) is 37.7. The molecule has 1 saturated carbocycles. The summed E-state index contributed by atoms with van der Waals surface area (Å²) in [6, 6.07) is 0.0550. The van der Waals surface area contributed by atoms with Gasteiger partial charge >= 0.3 is 12.0 Å². The minimum Gasteiger partial charge on any atom is -0.481 e. The Hall–Kier alpha value is -1.26. The van der Waals surface area contributed by atoms with Crippen LogP contribution in [0.1, 0.15) is 32.6 Å². The van der Waals surface area contributed by atoms with E-state index in [0.717, 1.165) is 13.1 Å². The summed E-state index contributed by atoms with van der Waals surface area (Å²) >= 11 is 0. The first kappa shape index (κ1) is 12.8. The zero-order chi connectivity index (χ0) is 13.6.